The molecular formula is C14H14F2N4O4. The summed E-state index contributed by atoms with van der Waals surface area (Å²) in [6.07, 6.45) is -0.492. The van der Waals surface area contributed by atoms with E-state index < -0.39 is 42.0 Å². The number of nitrogens with two attached hydrogens (primary N) is 1. The summed E-state index contributed by atoms with van der Waals surface area (Å²) >= 11 is 0. The van der Waals surface area contributed by atoms with E-state index in [9.17, 15) is 28.3 Å². The molecule has 1 atom stereocenters. The van der Waals surface area contributed by atoms with Crippen LogP contribution in [0.1, 0.15) is 16.8 Å². The van der Waals surface area contributed by atoms with Crippen molar-refractivity contribution < 1.29 is 23.5 Å². The van der Waals surface area contributed by atoms with Gasteiger partial charge in [0, 0.05) is 13.0 Å². The van der Waals surface area contributed by atoms with Crippen molar-refractivity contribution in [3.05, 3.63) is 34.2 Å². The van der Waals surface area contributed by atoms with Gasteiger partial charge in [0.15, 0.2) is 5.60 Å². The van der Waals surface area contributed by atoms with E-state index in [-0.39, 0.29) is 17.6 Å². The lowest BCUT2D eigenvalue weighted by molar-refractivity contribution is -0.185. The summed E-state index contributed by atoms with van der Waals surface area (Å²) in [7, 11) is 0. The summed E-state index contributed by atoms with van der Waals surface area (Å²) in [6.45, 7) is -0.921. The minimum Gasteiger partial charge on any atom is -0.381 e. The SMILES string of the molecule is NC(=O)C(F)(F)C1(O)CCN(C(=O)c2cccc3[nH]c(=O)[nH]c23)C1. The molecule has 1 aromatic carbocycles. The Hall–Kier alpha value is -2.75. The minimum atomic E-state index is -4.16. The lowest BCUT2D eigenvalue weighted by Crippen LogP contribution is -2.57. The molecule has 0 aliphatic carbocycles. The van der Waals surface area contributed by atoms with Crippen molar-refractivity contribution in [2.75, 3.05) is 13.1 Å². The number of rotatable bonds is 3. The average molecular weight is 340 g/mol. The molecule has 0 radical (unpaired) electrons. The first-order valence-corrected chi connectivity index (χ1v) is 7.06. The van der Waals surface area contributed by atoms with Gasteiger partial charge in [0.25, 0.3) is 11.8 Å². The predicted octanol–water partition coefficient (Wildman–Crippen LogP) is -0.446. The van der Waals surface area contributed by atoms with Crippen LogP contribution in [0.5, 0.6) is 0 Å². The second-order valence-electron chi connectivity index (χ2n) is 5.75. The van der Waals surface area contributed by atoms with E-state index in [1.165, 1.54) is 12.1 Å². The number of aliphatic hydroxyl groups is 1. The molecule has 3 rings (SSSR count). The first-order valence-electron chi connectivity index (χ1n) is 7.06. The fraction of sp³-hybridized carbons (Fsp3) is 0.357. The van der Waals surface area contributed by atoms with Gasteiger partial charge in [-0.3, -0.25) is 9.59 Å². The molecule has 24 heavy (non-hydrogen) atoms. The normalized spacial score (nSPS) is 21.4. The maximum Gasteiger partial charge on any atom is 0.353 e. The van der Waals surface area contributed by atoms with Crippen molar-refractivity contribution in [1.82, 2.24) is 14.9 Å². The van der Waals surface area contributed by atoms with Crippen LogP contribution in [0, 0.1) is 0 Å². The van der Waals surface area contributed by atoms with Crippen LogP contribution >= 0.6 is 0 Å². The second-order valence-corrected chi connectivity index (χ2v) is 5.75. The van der Waals surface area contributed by atoms with E-state index in [1.807, 2.05) is 0 Å². The number of H-pyrrole nitrogens is 2. The van der Waals surface area contributed by atoms with Crippen molar-refractivity contribution in [2.45, 2.75) is 17.9 Å². The van der Waals surface area contributed by atoms with Gasteiger partial charge in [-0.05, 0) is 12.1 Å². The Balaban J connectivity index is 1.92. The summed E-state index contributed by atoms with van der Waals surface area (Å²) in [5.41, 5.74) is 2.15. The molecule has 2 aromatic rings. The van der Waals surface area contributed by atoms with E-state index >= 15 is 0 Å². The number of aromatic amines is 2. The summed E-state index contributed by atoms with van der Waals surface area (Å²) in [5.74, 6) is -6.75. The Morgan fingerprint density at radius 3 is 2.71 bits per heavy atom. The number of amides is 2. The third-order valence-electron chi connectivity index (χ3n) is 4.21. The number of aromatic nitrogens is 2. The van der Waals surface area contributed by atoms with Crippen LogP contribution < -0.4 is 11.4 Å². The molecule has 1 aliphatic rings. The number of alkyl halides is 2. The Morgan fingerprint density at radius 1 is 1.33 bits per heavy atom. The summed E-state index contributed by atoms with van der Waals surface area (Å²) in [4.78, 5) is 40.8. The lowest BCUT2D eigenvalue weighted by atomic mass is 9.94. The molecule has 5 N–H and O–H groups in total. The molecule has 0 saturated carbocycles. The van der Waals surface area contributed by atoms with E-state index in [4.69, 9.17) is 0 Å². The number of likely N-dealkylation sites (tertiary alicyclic amines) is 1. The highest BCUT2D eigenvalue weighted by molar-refractivity contribution is 6.05. The number of halogens is 2. The van der Waals surface area contributed by atoms with Gasteiger partial charge >= 0.3 is 11.6 Å². The van der Waals surface area contributed by atoms with Crippen LogP contribution in [0.2, 0.25) is 0 Å². The second kappa shape index (κ2) is 5.13. The van der Waals surface area contributed by atoms with Gasteiger partial charge in [0.1, 0.15) is 0 Å². The molecule has 1 fully saturated rings. The number of para-hydroxylation sites is 1. The van der Waals surface area contributed by atoms with Gasteiger partial charge in [0.2, 0.25) is 0 Å². The van der Waals surface area contributed by atoms with Crippen LogP contribution in [0.4, 0.5) is 8.78 Å². The number of primary amides is 1. The number of hydrogen-bond donors (Lipinski definition) is 4. The van der Waals surface area contributed by atoms with Crippen molar-refractivity contribution in [3.63, 3.8) is 0 Å². The van der Waals surface area contributed by atoms with Gasteiger partial charge in [0.05, 0.1) is 23.1 Å². The number of nitrogens with zero attached hydrogens (tertiary/aromatic N) is 1. The number of fused-ring (bicyclic) bond motifs is 1. The highest BCUT2D eigenvalue weighted by Gasteiger charge is 2.60. The largest absolute Gasteiger partial charge is 0.381 e. The maximum absolute atomic E-state index is 13.8. The average Bonchev–Trinajstić information content (AvgIpc) is 3.09. The number of hydrogen-bond acceptors (Lipinski definition) is 4. The molecule has 1 unspecified atom stereocenters. The van der Waals surface area contributed by atoms with E-state index in [0.29, 0.717) is 5.52 Å². The number of nitrogens with one attached hydrogen (secondary N) is 2. The number of carbonyl (C=O) groups excluding carboxylic acids is 2. The molecule has 0 bridgehead atoms. The molecular weight excluding hydrogens is 326 g/mol. The number of β-amino-alcohol motifs (C(OH)–C–C–N with tert-alkyl or cyclic N) is 1. The van der Waals surface area contributed by atoms with Gasteiger partial charge in [-0.2, -0.15) is 8.78 Å². The van der Waals surface area contributed by atoms with Crippen LogP contribution in [0.15, 0.2) is 23.0 Å². The minimum absolute atomic E-state index is 0.0949. The Bertz CT molecular complexity index is 890. The number of benzene rings is 1. The van der Waals surface area contributed by atoms with Crippen molar-refractivity contribution in [3.8, 4) is 0 Å². The van der Waals surface area contributed by atoms with Crippen LogP contribution in [0.3, 0.4) is 0 Å². The monoisotopic (exact) mass is 340 g/mol. The molecule has 2 amide bonds. The zero-order valence-corrected chi connectivity index (χ0v) is 12.3. The van der Waals surface area contributed by atoms with E-state index in [1.54, 1.807) is 6.07 Å². The lowest BCUT2D eigenvalue weighted by Gasteiger charge is -2.29. The van der Waals surface area contributed by atoms with Gasteiger partial charge < -0.3 is 25.7 Å². The Kier molecular flexibility index (Phi) is 3.44. The van der Waals surface area contributed by atoms with Gasteiger partial charge in [-0.25, -0.2) is 4.79 Å². The molecule has 1 aromatic heterocycles. The smallest absolute Gasteiger partial charge is 0.353 e. The Morgan fingerprint density at radius 2 is 2.04 bits per heavy atom. The van der Waals surface area contributed by atoms with Crippen LogP contribution in [-0.4, -0.2) is 56.4 Å². The highest BCUT2D eigenvalue weighted by atomic mass is 19.3. The van der Waals surface area contributed by atoms with E-state index in [2.05, 4.69) is 15.7 Å². The molecule has 1 saturated heterocycles. The van der Waals surface area contributed by atoms with Crippen molar-refractivity contribution in [2.24, 2.45) is 5.73 Å². The fourth-order valence-corrected chi connectivity index (χ4v) is 2.86. The van der Waals surface area contributed by atoms with Crippen molar-refractivity contribution >= 4 is 22.8 Å². The maximum atomic E-state index is 13.8. The first kappa shape index (κ1) is 16.1. The third kappa shape index (κ3) is 2.26. The molecule has 1 aliphatic heterocycles. The van der Waals surface area contributed by atoms with E-state index in [0.717, 1.165) is 4.90 Å². The van der Waals surface area contributed by atoms with Gasteiger partial charge in [-0.1, -0.05) is 6.07 Å². The molecule has 2 heterocycles. The fourth-order valence-electron chi connectivity index (χ4n) is 2.86. The van der Waals surface area contributed by atoms with Crippen molar-refractivity contribution in [1.29, 1.82) is 0 Å². The highest BCUT2D eigenvalue weighted by Crippen LogP contribution is 2.37. The van der Waals surface area contributed by atoms with Crippen LogP contribution in [-0.2, 0) is 4.79 Å². The first-order chi connectivity index (χ1) is 11.2. The Labute approximate surface area is 133 Å². The summed E-state index contributed by atoms with van der Waals surface area (Å²) in [6, 6.07) is 4.53. The molecule has 10 heteroatoms. The zero-order chi connectivity index (χ0) is 17.7. The summed E-state index contributed by atoms with van der Waals surface area (Å²) < 4.78 is 27.6. The number of carbonyl (C=O) groups is 2. The quantitative estimate of drug-likeness (QED) is 0.602. The standard InChI is InChI=1S/C14H14F2N4O4/c15-14(16,11(17)22)13(24)4-5-20(6-13)10(21)7-2-1-3-8-9(7)19-12(23)18-8/h1-3,24H,4-6H2,(H2,17,22)(H2,18,19,23). The number of imidazole rings is 1. The summed E-state index contributed by atoms with van der Waals surface area (Å²) in [5, 5.41) is 10.1. The third-order valence-corrected chi connectivity index (χ3v) is 4.21. The molecule has 0 spiro atoms. The predicted molar refractivity (Wildman–Crippen MR) is 78.5 cm³/mol. The zero-order valence-electron chi connectivity index (χ0n) is 12.3. The topological polar surface area (TPSA) is 132 Å². The molecule has 128 valence electrons. The molecule has 8 nitrogen and oxygen atoms in total. The van der Waals surface area contributed by atoms with Crippen LogP contribution in [0.25, 0.3) is 11.0 Å². The van der Waals surface area contributed by atoms with Gasteiger partial charge in [-0.15, -0.1) is 0 Å².